The maximum absolute atomic E-state index is 12.5. The lowest BCUT2D eigenvalue weighted by atomic mass is 9.41. The van der Waals surface area contributed by atoms with Crippen molar-refractivity contribution in [1.82, 2.24) is 0 Å². The zero-order valence-electron chi connectivity index (χ0n) is 34.6. The Balaban J connectivity index is 1.10. The van der Waals surface area contributed by atoms with Crippen molar-refractivity contribution in [3.8, 4) is 0 Å². The highest BCUT2D eigenvalue weighted by Crippen LogP contribution is 2.89. The third-order valence-corrected chi connectivity index (χ3v) is 17.6. The van der Waals surface area contributed by atoms with Crippen LogP contribution in [0.25, 0.3) is 0 Å². The number of hydrogen-bond acceptors (Lipinski definition) is 14. The molecule has 5 saturated carbocycles. The highest BCUT2D eigenvalue weighted by molar-refractivity contribution is 5.33. The Kier molecular flexibility index (Phi) is 11.3. The fourth-order valence-electron chi connectivity index (χ4n) is 14.4. The van der Waals surface area contributed by atoms with E-state index in [1.54, 1.807) is 13.8 Å². The lowest BCUT2D eigenvalue weighted by Gasteiger charge is -2.64. The molecule has 0 radical (unpaired) electrons. The summed E-state index contributed by atoms with van der Waals surface area (Å²) in [7, 11) is 0. The molecule has 2 saturated heterocycles. The summed E-state index contributed by atoms with van der Waals surface area (Å²) in [4.78, 5) is 0. The van der Waals surface area contributed by atoms with Gasteiger partial charge >= 0.3 is 0 Å². The number of hydrogen-bond donors (Lipinski definition) is 10. The highest BCUT2D eigenvalue weighted by Gasteiger charge is 2.85. The van der Waals surface area contributed by atoms with E-state index in [-0.39, 0.29) is 45.3 Å². The van der Waals surface area contributed by atoms with Crippen LogP contribution in [0, 0.1) is 50.7 Å². The quantitative estimate of drug-likeness (QED) is 0.139. The number of fused-ring (bicyclic) bond motifs is 2. The monoisotopic (exact) mass is 800 g/mol. The summed E-state index contributed by atoms with van der Waals surface area (Å²) in [6.45, 7) is 15.3. The van der Waals surface area contributed by atoms with Gasteiger partial charge < -0.3 is 70.0 Å². The Morgan fingerprint density at radius 2 is 1.43 bits per heavy atom. The normalized spacial score (nSPS) is 55.0. The molecule has 22 unspecified atom stereocenters. The van der Waals surface area contributed by atoms with E-state index < -0.39 is 103 Å². The van der Waals surface area contributed by atoms with Crippen molar-refractivity contribution < 1.29 is 70.0 Å². The molecule has 0 bridgehead atoms. The van der Waals surface area contributed by atoms with E-state index in [1.165, 1.54) is 6.92 Å². The maximum atomic E-state index is 12.5. The van der Waals surface area contributed by atoms with E-state index in [4.69, 9.17) is 18.9 Å². The van der Waals surface area contributed by atoms with Gasteiger partial charge in [-0.3, -0.25) is 0 Å². The van der Waals surface area contributed by atoms with Gasteiger partial charge in [0.15, 0.2) is 12.6 Å². The van der Waals surface area contributed by atoms with E-state index in [2.05, 4.69) is 34.6 Å². The summed E-state index contributed by atoms with van der Waals surface area (Å²) in [6.07, 6.45) is -9.88. The second-order valence-corrected chi connectivity index (χ2v) is 21.1. The highest BCUT2D eigenvalue weighted by atomic mass is 16.8. The molecule has 0 aromatic carbocycles. The predicted molar refractivity (Wildman–Crippen MR) is 200 cm³/mol. The Bertz CT molecular complexity index is 1430. The maximum Gasteiger partial charge on any atom is 0.187 e. The molecule has 7 fully saturated rings. The van der Waals surface area contributed by atoms with Gasteiger partial charge in [-0.25, -0.2) is 0 Å². The molecule has 0 amide bonds. The summed E-state index contributed by atoms with van der Waals surface area (Å²) in [5, 5.41) is 109. The lowest BCUT2D eigenvalue weighted by molar-refractivity contribution is -0.375. The van der Waals surface area contributed by atoms with Crippen LogP contribution in [0.1, 0.15) is 113 Å². The molecule has 7 aliphatic rings. The topological polar surface area (TPSA) is 239 Å². The smallest absolute Gasteiger partial charge is 0.187 e. The molecule has 2 heterocycles. The molecule has 14 nitrogen and oxygen atoms in total. The fourth-order valence-corrected chi connectivity index (χ4v) is 14.4. The third-order valence-electron chi connectivity index (χ3n) is 17.6. The van der Waals surface area contributed by atoms with Gasteiger partial charge in [0.25, 0.3) is 0 Å². The van der Waals surface area contributed by atoms with Crippen molar-refractivity contribution in [2.45, 2.75) is 205 Å². The Morgan fingerprint density at radius 1 is 0.768 bits per heavy atom. The number of rotatable bonds is 10. The first-order valence-corrected chi connectivity index (χ1v) is 21.3. The summed E-state index contributed by atoms with van der Waals surface area (Å²) in [5.41, 5.74) is -2.61. The minimum atomic E-state index is -1.66. The van der Waals surface area contributed by atoms with Crippen molar-refractivity contribution in [3.63, 3.8) is 0 Å². The third kappa shape index (κ3) is 6.24. The van der Waals surface area contributed by atoms with Crippen LogP contribution in [0.4, 0.5) is 0 Å². The molecule has 0 aromatic rings. The van der Waals surface area contributed by atoms with Crippen LogP contribution < -0.4 is 0 Å². The average Bonchev–Trinajstić information content (AvgIpc) is 3.76. The predicted octanol–water partition coefficient (Wildman–Crippen LogP) is 0.952. The molecule has 10 N–H and O–H groups in total. The van der Waals surface area contributed by atoms with Crippen molar-refractivity contribution >= 4 is 0 Å². The van der Waals surface area contributed by atoms with E-state index in [0.717, 1.165) is 25.7 Å². The van der Waals surface area contributed by atoms with Gasteiger partial charge in [-0.2, -0.15) is 0 Å². The first kappa shape index (κ1) is 43.5. The van der Waals surface area contributed by atoms with Crippen molar-refractivity contribution in [2.24, 2.45) is 50.7 Å². The average molecular weight is 801 g/mol. The Hall–Kier alpha value is -0.560. The SMILES string of the molecule is CC(CCC(O)C(C)(C)O)C1C(O)CC2(C)C3CCC4C(C)(C)C(OC5OC(CO)C(O)C(O)C5OC5OC(C)C(O)C(O)C5O)CCC45CC35C(O)CC12C. The first-order valence-electron chi connectivity index (χ1n) is 21.3. The van der Waals surface area contributed by atoms with Gasteiger partial charge in [-0.05, 0) is 124 Å². The van der Waals surface area contributed by atoms with E-state index in [0.29, 0.717) is 32.1 Å². The van der Waals surface area contributed by atoms with Crippen LogP contribution in [-0.4, -0.2) is 149 Å². The number of ether oxygens (including phenoxy) is 4. The summed E-state index contributed by atoms with van der Waals surface area (Å²) < 4.78 is 24.5. The van der Waals surface area contributed by atoms with E-state index >= 15 is 0 Å². The molecule has 2 spiro atoms. The number of aliphatic hydroxyl groups is 10. The van der Waals surface area contributed by atoms with Gasteiger partial charge in [-0.1, -0.05) is 34.6 Å². The fraction of sp³-hybridized carbons (Fsp3) is 1.00. The van der Waals surface area contributed by atoms with Crippen LogP contribution in [0.3, 0.4) is 0 Å². The Morgan fingerprint density at radius 3 is 2.07 bits per heavy atom. The summed E-state index contributed by atoms with van der Waals surface area (Å²) >= 11 is 0. The molecule has 0 aromatic heterocycles. The van der Waals surface area contributed by atoms with Gasteiger partial charge in [0, 0.05) is 5.41 Å². The second-order valence-electron chi connectivity index (χ2n) is 21.1. The number of aliphatic hydroxyl groups excluding tert-OH is 9. The Labute approximate surface area is 331 Å². The molecule has 5 aliphatic carbocycles. The molecular weight excluding hydrogens is 728 g/mol. The second kappa shape index (κ2) is 14.5. The minimum Gasteiger partial charge on any atom is -0.394 e. The van der Waals surface area contributed by atoms with Gasteiger partial charge in [0.1, 0.15) is 42.7 Å². The molecule has 2 aliphatic heterocycles. The summed E-state index contributed by atoms with van der Waals surface area (Å²) in [5.74, 6) is 0.408. The van der Waals surface area contributed by atoms with Gasteiger partial charge in [0.2, 0.25) is 0 Å². The van der Waals surface area contributed by atoms with Crippen LogP contribution in [-0.2, 0) is 18.9 Å². The van der Waals surface area contributed by atoms with Crippen LogP contribution in [0.15, 0.2) is 0 Å². The van der Waals surface area contributed by atoms with Gasteiger partial charge in [-0.15, -0.1) is 0 Å². The van der Waals surface area contributed by atoms with E-state index in [9.17, 15) is 51.1 Å². The first-order chi connectivity index (χ1) is 25.9. The molecule has 56 heavy (non-hydrogen) atoms. The lowest BCUT2D eigenvalue weighted by Crippen LogP contribution is -2.65. The van der Waals surface area contributed by atoms with Crippen molar-refractivity contribution in [3.05, 3.63) is 0 Å². The largest absolute Gasteiger partial charge is 0.394 e. The zero-order valence-corrected chi connectivity index (χ0v) is 34.6. The zero-order chi connectivity index (χ0) is 41.3. The van der Waals surface area contributed by atoms with Crippen LogP contribution >= 0.6 is 0 Å². The molecule has 7 rings (SSSR count). The van der Waals surface area contributed by atoms with Crippen molar-refractivity contribution in [2.75, 3.05) is 6.61 Å². The molecular formula is C42H72O14. The van der Waals surface area contributed by atoms with E-state index in [1.807, 2.05) is 0 Å². The summed E-state index contributed by atoms with van der Waals surface area (Å²) in [6, 6.07) is 0. The standard InChI is InChI=1S/C42H72O14/c1-19(9-12-25(45)38(5,6)52)28-21(44)15-39(7)24-11-10-23-37(3,4)27(13-14-41(23)18-42(24,41)26(46)16-40(28,39)8)55-36-34(32(50)30(48)22(17-43)54-36)56-35-33(51)31(49)29(47)20(2)53-35/h19-36,43-52H,9-18H2,1-8H3. The minimum absolute atomic E-state index is 0.0551. The molecule has 14 heteroatoms. The van der Waals surface area contributed by atoms with Crippen molar-refractivity contribution in [1.29, 1.82) is 0 Å². The molecule has 324 valence electrons. The molecule has 22 atom stereocenters. The van der Waals surface area contributed by atoms with Crippen LogP contribution in [0.5, 0.6) is 0 Å². The van der Waals surface area contributed by atoms with Gasteiger partial charge in [0.05, 0.1) is 42.7 Å². The van der Waals surface area contributed by atoms with Crippen LogP contribution in [0.2, 0.25) is 0 Å².